The molecule has 0 spiro atoms. The Labute approximate surface area is 176 Å². The van der Waals surface area contributed by atoms with Gasteiger partial charge < -0.3 is 19.5 Å². The van der Waals surface area contributed by atoms with Crippen LogP contribution in [0.4, 0.5) is 5.69 Å². The van der Waals surface area contributed by atoms with Crippen LogP contribution in [-0.2, 0) is 14.8 Å². The van der Waals surface area contributed by atoms with Crippen LogP contribution < -0.4 is 23.8 Å². The second-order valence-electron chi connectivity index (χ2n) is 6.90. The van der Waals surface area contributed by atoms with Crippen LogP contribution in [0.1, 0.15) is 13.8 Å². The highest BCUT2D eigenvalue weighted by atomic mass is 32.2. The Morgan fingerprint density at radius 1 is 1.20 bits per heavy atom. The zero-order valence-corrected chi connectivity index (χ0v) is 18.0. The molecule has 0 unspecified atom stereocenters. The van der Waals surface area contributed by atoms with Gasteiger partial charge in [-0.3, -0.25) is 9.10 Å². The average molecular weight is 435 g/mol. The number of rotatable bonds is 8. The summed E-state index contributed by atoms with van der Waals surface area (Å²) < 4.78 is 42.7. The van der Waals surface area contributed by atoms with Crippen LogP contribution in [0.25, 0.3) is 0 Å². The number of anilines is 1. The van der Waals surface area contributed by atoms with Gasteiger partial charge in [0.05, 0.1) is 25.1 Å². The Bertz CT molecular complexity index is 977. The minimum atomic E-state index is -3.69. The number of nitrogens with one attached hydrogen (secondary N) is 1. The van der Waals surface area contributed by atoms with Crippen LogP contribution in [0.15, 0.2) is 48.5 Å². The predicted molar refractivity (Wildman–Crippen MR) is 114 cm³/mol. The Balaban J connectivity index is 1.66. The zero-order chi connectivity index (χ0) is 21.7. The molecule has 0 bridgehead atoms. The lowest BCUT2D eigenvalue weighted by molar-refractivity contribution is -0.122. The maximum Gasteiger partial charge on any atom is 0.243 e. The molecule has 1 N–H and O–H groups in total. The molecule has 1 aliphatic heterocycles. The van der Waals surface area contributed by atoms with Gasteiger partial charge in [0.25, 0.3) is 0 Å². The molecule has 8 nitrogen and oxygen atoms in total. The van der Waals surface area contributed by atoms with Gasteiger partial charge in [-0.1, -0.05) is 12.1 Å². The number of nitrogens with zero attached hydrogens (tertiary/aromatic N) is 1. The summed E-state index contributed by atoms with van der Waals surface area (Å²) in [5, 5.41) is 2.76. The summed E-state index contributed by atoms with van der Waals surface area (Å²) in [6.07, 6.45) is 0.704. The van der Waals surface area contributed by atoms with Crippen LogP contribution >= 0.6 is 0 Å². The molecule has 162 valence electrons. The molecule has 0 saturated heterocycles. The van der Waals surface area contributed by atoms with E-state index >= 15 is 0 Å². The molecule has 0 fully saturated rings. The Kier molecular flexibility index (Phi) is 6.71. The van der Waals surface area contributed by atoms with Crippen molar-refractivity contribution >= 4 is 21.6 Å². The molecule has 0 aromatic heterocycles. The second-order valence-corrected chi connectivity index (χ2v) is 8.76. The van der Waals surface area contributed by atoms with Gasteiger partial charge in [0, 0.05) is 0 Å². The topological polar surface area (TPSA) is 94.2 Å². The van der Waals surface area contributed by atoms with Crippen molar-refractivity contribution in [2.75, 3.05) is 30.3 Å². The van der Waals surface area contributed by atoms with Gasteiger partial charge in [-0.2, -0.15) is 0 Å². The molecule has 0 radical (unpaired) electrons. The quantitative estimate of drug-likeness (QED) is 0.685. The highest BCUT2D eigenvalue weighted by Gasteiger charge is 2.30. The normalized spacial score (nSPS) is 16.4. The Hall–Kier alpha value is -2.94. The molecule has 2 aromatic carbocycles. The van der Waals surface area contributed by atoms with Gasteiger partial charge in [-0.15, -0.1) is 0 Å². The number of benzene rings is 2. The van der Waals surface area contributed by atoms with Gasteiger partial charge >= 0.3 is 0 Å². The fourth-order valence-electron chi connectivity index (χ4n) is 3.19. The standard InChI is InChI=1S/C21H26N2O6S/c1-4-27-17-11-9-16(10-12-17)23(30(3,25)26)15(2)21(24)22-13-18-14-28-19-7-5-6-8-20(19)29-18/h5-12,15,18H,4,13-14H2,1-3H3,(H,22,24)/t15-,18+/m1/s1. The van der Waals surface area contributed by atoms with Crippen LogP contribution in [0, 0.1) is 0 Å². The zero-order valence-electron chi connectivity index (χ0n) is 17.2. The van der Waals surface area contributed by atoms with E-state index in [1.165, 1.54) is 0 Å². The van der Waals surface area contributed by atoms with E-state index in [0.717, 1.165) is 10.6 Å². The van der Waals surface area contributed by atoms with E-state index in [4.69, 9.17) is 14.2 Å². The summed E-state index contributed by atoms with van der Waals surface area (Å²) >= 11 is 0. The van der Waals surface area contributed by atoms with Crippen molar-refractivity contribution < 1.29 is 27.4 Å². The number of hydrogen-bond donors (Lipinski definition) is 1. The molecular weight excluding hydrogens is 408 g/mol. The van der Waals surface area contributed by atoms with Crippen LogP contribution in [0.2, 0.25) is 0 Å². The van der Waals surface area contributed by atoms with E-state index in [-0.39, 0.29) is 12.6 Å². The van der Waals surface area contributed by atoms with Crippen molar-refractivity contribution in [1.29, 1.82) is 0 Å². The van der Waals surface area contributed by atoms with Crippen LogP contribution in [0.5, 0.6) is 17.2 Å². The molecular formula is C21H26N2O6S. The summed E-state index contributed by atoms with van der Waals surface area (Å²) in [4.78, 5) is 12.7. The van der Waals surface area contributed by atoms with Crippen molar-refractivity contribution in [3.8, 4) is 17.2 Å². The predicted octanol–water partition coefficient (Wildman–Crippen LogP) is 2.20. The SMILES string of the molecule is CCOc1ccc(N([C@H](C)C(=O)NC[C@H]2COc3ccccc3O2)S(C)(=O)=O)cc1. The molecule has 2 atom stereocenters. The van der Waals surface area contributed by atoms with Gasteiger partial charge in [0.1, 0.15) is 24.5 Å². The van der Waals surface area contributed by atoms with Crippen molar-refractivity contribution in [2.45, 2.75) is 26.0 Å². The van der Waals surface area contributed by atoms with Gasteiger partial charge in [-0.25, -0.2) is 8.42 Å². The number of ether oxygens (including phenoxy) is 3. The fourth-order valence-corrected chi connectivity index (χ4v) is 4.37. The first-order valence-electron chi connectivity index (χ1n) is 9.68. The van der Waals surface area contributed by atoms with Gasteiger partial charge in [0.15, 0.2) is 11.5 Å². The molecule has 30 heavy (non-hydrogen) atoms. The maximum atomic E-state index is 12.7. The van der Waals surface area contributed by atoms with E-state index in [0.29, 0.717) is 36.1 Å². The lowest BCUT2D eigenvalue weighted by Crippen LogP contribution is -2.50. The average Bonchev–Trinajstić information content (AvgIpc) is 2.72. The molecule has 1 amide bonds. The number of para-hydroxylation sites is 2. The smallest absolute Gasteiger partial charge is 0.243 e. The number of carbonyl (C=O) groups excluding carboxylic acids is 1. The van der Waals surface area contributed by atoms with Crippen LogP contribution in [0.3, 0.4) is 0 Å². The van der Waals surface area contributed by atoms with Crippen molar-refractivity contribution in [1.82, 2.24) is 5.32 Å². The Morgan fingerprint density at radius 3 is 2.50 bits per heavy atom. The summed E-state index contributed by atoms with van der Waals surface area (Å²) in [5.74, 6) is 1.47. The molecule has 3 rings (SSSR count). The minimum absolute atomic E-state index is 0.193. The highest BCUT2D eigenvalue weighted by Crippen LogP contribution is 2.30. The minimum Gasteiger partial charge on any atom is -0.494 e. The molecule has 0 aliphatic carbocycles. The number of amides is 1. The summed E-state index contributed by atoms with van der Waals surface area (Å²) in [6.45, 7) is 4.40. The summed E-state index contributed by atoms with van der Waals surface area (Å²) in [5.41, 5.74) is 0.384. The van der Waals surface area contributed by atoms with E-state index in [9.17, 15) is 13.2 Å². The van der Waals surface area contributed by atoms with Gasteiger partial charge in [0.2, 0.25) is 15.9 Å². The second kappa shape index (κ2) is 9.25. The highest BCUT2D eigenvalue weighted by molar-refractivity contribution is 7.92. The van der Waals surface area contributed by atoms with Crippen molar-refractivity contribution in [3.63, 3.8) is 0 Å². The lowest BCUT2D eigenvalue weighted by Gasteiger charge is -2.30. The molecule has 0 saturated carbocycles. The number of carbonyl (C=O) groups is 1. The number of sulfonamides is 1. The molecule has 1 aliphatic rings. The first kappa shape index (κ1) is 21.8. The maximum absolute atomic E-state index is 12.7. The number of fused-ring (bicyclic) bond motifs is 1. The van der Waals surface area contributed by atoms with Crippen LogP contribution in [-0.4, -0.2) is 52.5 Å². The van der Waals surface area contributed by atoms with Gasteiger partial charge in [-0.05, 0) is 50.2 Å². The first-order chi connectivity index (χ1) is 14.3. The molecule has 2 aromatic rings. The lowest BCUT2D eigenvalue weighted by atomic mass is 10.2. The first-order valence-corrected chi connectivity index (χ1v) is 11.5. The van der Waals surface area contributed by atoms with E-state index in [1.54, 1.807) is 37.3 Å². The summed E-state index contributed by atoms with van der Waals surface area (Å²) in [7, 11) is -3.69. The van der Waals surface area contributed by atoms with E-state index < -0.39 is 22.0 Å². The molecule has 1 heterocycles. The van der Waals surface area contributed by atoms with E-state index in [2.05, 4.69) is 5.32 Å². The van der Waals surface area contributed by atoms with Crippen molar-refractivity contribution in [2.24, 2.45) is 0 Å². The number of hydrogen-bond acceptors (Lipinski definition) is 6. The monoisotopic (exact) mass is 434 g/mol. The summed E-state index contributed by atoms with van der Waals surface area (Å²) in [6, 6.07) is 12.9. The molecule has 9 heteroatoms. The Morgan fingerprint density at radius 2 is 1.87 bits per heavy atom. The third-order valence-corrected chi connectivity index (χ3v) is 5.80. The largest absolute Gasteiger partial charge is 0.494 e. The third kappa shape index (κ3) is 5.15. The third-order valence-electron chi connectivity index (χ3n) is 4.56. The van der Waals surface area contributed by atoms with E-state index in [1.807, 2.05) is 25.1 Å². The fraction of sp³-hybridized carbons (Fsp3) is 0.381. The van der Waals surface area contributed by atoms with Crippen molar-refractivity contribution in [3.05, 3.63) is 48.5 Å².